The Morgan fingerprint density at radius 2 is 0.972 bits per heavy atom. The number of carbonyl (C=O) groups is 2. The first-order chi connectivity index (χ1) is 17.4. The molecule has 4 rings (SSSR count). The molecule has 7 heteroatoms. The second kappa shape index (κ2) is 11.2. The van der Waals surface area contributed by atoms with Crippen LogP contribution < -0.4 is 9.47 Å². The van der Waals surface area contributed by atoms with Crippen LogP contribution in [0.3, 0.4) is 0 Å². The lowest BCUT2D eigenvalue weighted by Crippen LogP contribution is -2.25. The van der Waals surface area contributed by atoms with Crippen molar-refractivity contribution in [2.75, 3.05) is 13.2 Å². The molecule has 182 valence electrons. The summed E-state index contributed by atoms with van der Waals surface area (Å²) in [5.41, 5.74) is 1.66. The molecule has 0 atom stereocenters. The van der Waals surface area contributed by atoms with Crippen molar-refractivity contribution in [2.24, 2.45) is 0 Å². The normalized spacial score (nSPS) is 10.7. The van der Waals surface area contributed by atoms with Crippen molar-refractivity contribution in [3.8, 4) is 23.0 Å². The molecule has 0 saturated heterocycles. The number of carbonyl (C=O) groups excluding carboxylic acids is 2. The zero-order valence-corrected chi connectivity index (χ0v) is 19.2. The highest BCUT2D eigenvalue weighted by molar-refractivity contribution is 6.09. The Balaban J connectivity index is 1.25. The molecule has 0 bridgehead atoms. The number of phenolic OH excluding ortho intramolecular Hbond substituents is 2. The Kier molecular flexibility index (Phi) is 7.63. The summed E-state index contributed by atoms with van der Waals surface area (Å²) < 4.78 is 11.2. The molecule has 0 saturated carbocycles. The number of ketones is 2. The van der Waals surface area contributed by atoms with Crippen LogP contribution in [0.25, 0.3) is 0 Å². The Labute approximate surface area is 207 Å². The SMILES string of the molecule is O=C(c1ccc(OCC(O)COc2ccc(C(=O)c3cccc(O)c3)cc2)cc1)c1cccc(O)c1. The van der Waals surface area contributed by atoms with Crippen LogP contribution in [0.4, 0.5) is 0 Å². The lowest BCUT2D eigenvalue weighted by molar-refractivity contribution is 0.0626. The minimum atomic E-state index is -0.910. The molecule has 0 spiro atoms. The van der Waals surface area contributed by atoms with E-state index in [2.05, 4.69) is 0 Å². The van der Waals surface area contributed by atoms with Gasteiger partial charge in [-0.2, -0.15) is 0 Å². The van der Waals surface area contributed by atoms with Gasteiger partial charge < -0.3 is 24.8 Å². The molecule has 0 aliphatic heterocycles. The molecule has 0 aliphatic carbocycles. The van der Waals surface area contributed by atoms with E-state index in [1.54, 1.807) is 72.8 Å². The summed E-state index contributed by atoms with van der Waals surface area (Å²) in [5.74, 6) is 0.568. The summed E-state index contributed by atoms with van der Waals surface area (Å²) in [5, 5.41) is 29.3. The van der Waals surface area contributed by atoms with Gasteiger partial charge in [0, 0.05) is 22.3 Å². The second-order valence-corrected chi connectivity index (χ2v) is 8.08. The number of aliphatic hydroxyl groups is 1. The first-order valence-electron chi connectivity index (χ1n) is 11.2. The average Bonchev–Trinajstić information content (AvgIpc) is 2.90. The molecule has 0 aromatic heterocycles. The Morgan fingerprint density at radius 3 is 1.33 bits per heavy atom. The zero-order chi connectivity index (χ0) is 25.5. The van der Waals surface area contributed by atoms with Crippen LogP contribution in [-0.4, -0.2) is 46.2 Å². The molecule has 36 heavy (non-hydrogen) atoms. The van der Waals surface area contributed by atoms with Crippen LogP contribution in [0.5, 0.6) is 23.0 Å². The number of aliphatic hydroxyl groups excluding tert-OH is 1. The van der Waals surface area contributed by atoms with Crippen molar-refractivity contribution in [1.82, 2.24) is 0 Å². The Morgan fingerprint density at radius 1 is 0.583 bits per heavy atom. The highest BCUT2D eigenvalue weighted by atomic mass is 16.5. The Bertz CT molecular complexity index is 1240. The molecule has 0 fully saturated rings. The summed E-state index contributed by atoms with van der Waals surface area (Å²) in [6.45, 7) is -0.0398. The third-order valence-electron chi connectivity index (χ3n) is 5.33. The summed E-state index contributed by atoms with van der Waals surface area (Å²) in [7, 11) is 0. The average molecular weight is 485 g/mol. The summed E-state index contributed by atoms with van der Waals surface area (Å²) >= 11 is 0. The van der Waals surface area contributed by atoms with E-state index in [9.17, 15) is 24.9 Å². The van der Waals surface area contributed by atoms with Gasteiger partial charge in [0.25, 0.3) is 0 Å². The maximum absolute atomic E-state index is 12.5. The van der Waals surface area contributed by atoms with Crippen LogP contribution in [0.1, 0.15) is 31.8 Å². The van der Waals surface area contributed by atoms with Gasteiger partial charge in [-0.1, -0.05) is 24.3 Å². The molecule has 0 aliphatic rings. The van der Waals surface area contributed by atoms with Gasteiger partial charge >= 0.3 is 0 Å². The molecule has 0 heterocycles. The summed E-state index contributed by atoms with van der Waals surface area (Å²) in [6, 6.07) is 25.3. The van der Waals surface area contributed by atoms with Crippen LogP contribution in [-0.2, 0) is 0 Å². The summed E-state index contributed by atoms with van der Waals surface area (Å²) in [4.78, 5) is 25.0. The number of hydrogen-bond acceptors (Lipinski definition) is 7. The minimum absolute atomic E-state index is 0.0199. The largest absolute Gasteiger partial charge is 0.508 e. The van der Waals surface area contributed by atoms with Crippen molar-refractivity contribution in [1.29, 1.82) is 0 Å². The fourth-order valence-corrected chi connectivity index (χ4v) is 3.47. The van der Waals surface area contributed by atoms with Crippen LogP contribution >= 0.6 is 0 Å². The fourth-order valence-electron chi connectivity index (χ4n) is 3.47. The minimum Gasteiger partial charge on any atom is -0.508 e. The van der Waals surface area contributed by atoms with E-state index in [4.69, 9.17) is 9.47 Å². The van der Waals surface area contributed by atoms with Gasteiger partial charge in [0.2, 0.25) is 0 Å². The maximum atomic E-state index is 12.5. The van der Waals surface area contributed by atoms with E-state index in [-0.39, 0.29) is 36.3 Å². The molecule has 0 radical (unpaired) electrons. The van der Waals surface area contributed by atoms with Crippen molar-refractivity contribution in [3.63, 3.8) is 0 Å². The highest BCUT2D eigenvalue weighted by Crippen LogP contribution is 2.20. The predicted molar refractivity (Wildman–Crippen MR) is 133 cm³/mol. The van der Waals surface area contributed by atoms with Crippen molar-refractivity contribution in [3.05, 3.63) is 119 Å². The number of ether oxygens (including phenoxy) is 2. The highest BCUT2D eigenvalue weighted by Gasteiger charge is 2.12. The van der Waals surface area contributed by atoms with Gasteiger partial charge in [-0.05, 0) is 72.8 Å². The van der Waals surface area contributed by atoms with Crippen molar-refractivity contribution >= 4 is 11.6 Å². The van der Waals surface area contributed by atoms with E-state index in [0.29, 0.717) is 33.8 Å². The third-order valence-corrected chi connectivity index (χ3v) is 5.33. The van der Waals surface area contributed by atoms with Gasteiger partial charge in [-0.3, -0.25) is 9.59 Å². The number of phenols is 2. The lowest BCUT2D eigenvalue weighted by atomic mass is 10.0. The molecule has 4 aromatic carbocycles. The quantitative estimate of drug-likeness (QED) is 0.286. The predicted octanol–water partition coefficient (Wildman–Crippen LogP) is 4.38. The van der Waals surface area contributed by atoms with Gasteiger partial charge in [0.1, 0.15) is 42.3 Å². The Hall–Kier alpha value is -4.62. The molecular weight excluding hydrogens is 460 g/mol. The van der Waals surface area contributed by atoms with Gasteiger partial charge in [0.15, 0.2) is 11.6 Å². The van der Waals surface area contributed by atoms with E-state index < -0.39 is 6.10 Å². The van der Waals surface area contributed by atoms with Crippen LogP contribution in [0, 0.1) is 0 Å². The first kappa shape index (κ1) is 24.5. The van der Waals surface area contributed by atoms with Gasteiger partial charge in [-0.15, -0.1) is 0 Å². The van der Waals surface area contributed by atoms with E-state index in [0.717, 1.165) is 0 Å². The number of benzene rings is 4. The molecule has 4 aromatic rings. The molecule has 0 amide bonds. The van der Waals surface area contributed by atoms with E-state index in [1.807, 2.05) is 0 Å². The second-order valence-electron chi connectivity index (χ2n) is 8.08. The molecule has 0 unspecified atom stereocenters. The van der Waals surface area contributed by atoms with E-state index in [1.165, 1.54) is 24.3 Å². The fraction of sp³-hybridized carbons (Fsp3) is 0.103. The number of rotatable bonds is 10. The number of hydrogen-bond donors (Lipinski definition) is 3. The molecule has 3 N–H and O–H groups in total. The zero-order valence-electron chi connectivity index (χ0n) is 19.2. The number of aromatic hydroxyl groups is 2. The van der Waals surface area contributed by atoms with E-state index >= 15 is 0 Å². The van der Waals surface area contributed by atoms with Crippen molar-refractivity contribution < 1.29 is 34.4 Å². The maximum Gasteiger partial charge on any atom is 0.193 e. The molecular formula is C29H24O7. The standard InChI is InChI=1S/C29H24O7/c30-23-5-1-3-21(15-23)28(33)19-7-11-26(12-8-19)35-17-25(32)18-36-27-13-9-20(10-14-27)29(34)22-4-2-6-24(31)16-22/h1-16,25,30-32H,17-18H2. The van der Waals surface area contributed by atoms with Gasteiger partial charge in [-0.25, -0.2) is 0 Å². The molecule has 7 nitrogen and oxygen atoms in total. The third kappa shape index (κ3) is 6.28. The first-order valence-corrected chi connectivity index (χ1v) is 11.2. The van der Waals surface area contributed by atoms with Crippen LogP contribution in [0.15, 0.2) is 97.1 Å². The monoisotopic (exact) mass is 484 g/mol. The lowest BCUT2D eigenvalue weighted by Gasteiger charge is -2.14. The van der Waals surface area contributed by atoms with Crippen LogP contribution in [0.2, 0.25) is 0 Å². The van der Waals surface area contributed by atoms with Gasteiger partial charge in [0.05, 0.1) is 0 Å². The summed E-state index contributed by atoms with van der Waals surface area (Å²) in [6.07, 6.45) is -0.910. The topological polar surface area (TPSA) is 113 Å². The van der Waals surface area contributed by atoms with Crippen molar-refractivity contribution in [2.45, 2.75) is 6.10 Å². The smallest absolute Gasteiger partial charge is 0.193 e.